The molecule has 106 valence electrons. The Balaban J connectivity index is 2.35. The summed E-state index contributed by atoms with van der Waals surface area (Å²) in [5.74, 6) is -0.814. The van der Waals surface area contributed by atoms with Crippen molar-refractivity contribution in [3.05, 3.63) is 0 Å². The summed E-state index contributed by atoms with van der Waals surface area (Å²) in [4.78, 5) is 27.4. The number of rotatable bonds is 2. The number of hydrogen-bond acceptors (Lipinski definition) is 5. The fourth-order valence-electron chi connectivity index (χ4n) is 1.72. The summed E-state index contributed by atoms with van der Waals surface area (Å²) in [6.45, 7) is 1.48. The van der Waals surface area contributed by atoms with Crippen LogP contribution >= 0.6 is 11.8 Å². The molecule has 2 aliphatic rings. The molecule has 1 unspecified atom stereocenters. The minimum atomic E-state index is -5.03. The van der Waals surface area contributed by atoms with Crippen LogP contribution in [0.15, 0.2) is 4.99 Å². The van der Waals surface area contributed by atoms with Gasteiger partial charge >= 0.3 is 17.9 Å². The fourth-order valence-corrected chi connectivity index (χ4v) is 2.71. The standard InChI is InChI=1S/C9H10F3N3O3S/c1-2-18-7(17)14-8(9(10,11)12)5(16)15-3-4-19-6(15)13-8/h2-4H2,1H3,(H,14,17). The molecule has 2 rings (SSSR count). The van der Waals surface area contributed by atoms with Crippen molar-refractivity contribution in [3.63, 3.8) is 0 Å². The normalized spacial score (nSPS) is 26.2. The largest absolute Gasteiger partial charge is 0.450 e. The third kappa shape index (κ3) is 2.13. The van der Waals surface area contributed by atoms with Gasteiger partial charge < -0.3 is 4.74 Å². The van der Waals surface area contributed by atoms with E-state index < -0.39 is 23.8 Å². The van der Waals surface area contributed by atoms with Crippen molar-refractivity contribution in [2.45, 2.75) is 18.8 Å². The van der Waals surface area contributed by atoms with E-state index in [-0.39, 0.29) is 18.3 Å². The van der Waals surface area contributed by atoms with Crippen molar-refractivity contribution in [2.24, 2.45) is 4.99 Å². The van der Waals surface area contributed by atoms with Gasteiger partial charge in [-0.25, -0.2) is 9.79 Å². The first-order valence-electron chi connectivity index (χ1n) is 5.38. The number of halogens is 3. The lowest BCUT2D eigenvalue weighted by molar-refractivity contribution is -0.196. The van der Waals surface area contributed by atoms with Crippen molar-refractivity contribution in [2.75, 3.05) is 18.9 Å². The topological polar surface area (TPSA) is 71.0 Å². The number of amides is 2. The van der Waals surface area contributed by atoms with Crippen molar-refractivity contribution >= 4 is 28.9 Å². The number of ether oxygens (including phenoxy) is 1. The zero-order valence-electron chi connectivity index (χ0n) is 9.78. The molecule has 2 aliphatic heterocycles. The average Bonchev–Trinajstić information content (AvgIpc) is 2.82. The summed E-state index contributed by atoms with van der Waals surface area (Å²) in [5.41, 5.74) is -3.26. The summed E-state index contributed by atoms with van der Waals surface area (Å²) in [6, 6.07) is 0. The van der Waals surface area contributed by atoms with Crippen LogP contribution in [-0.2, 0) is 9.53 Å². The Morgan fingerprint density at radius 3 is 2.84 bits per heavy atom. The van der Waals surface area contributed by atoms with Gasteiger partial charge in [0.2, 0.25) is 0 Å². The molecule has 1 N–H and O–H groups in total. The maximum Gasteiger partial charge on any atom is 0.442 e. The number of carbonyl (C=O) groups is 2. The molecular formula is C9H10F3N3O3S. The molecule has 1 fully saturated rings. The molecule has 1 atom stereocenters. The number of alkyl carbamates (subject to hydrolysis) is 1. The van der Waals surface area contributed by atoms with E-state index in [1.165, 1.54) is 12.2 Å². The monoisotopic (exact) mass is 297 g/mol. The van der Waals surface area contributed by atoms with Gasteiger partial charge in [-0.1, -0.05) is 11.8 Å². The maximum absolute atomic E-state index is 13.1. The van der Waals surface area contributed by atoms with Gasteiger partial charge in [0.1, 0.15) is 0 Å². The fraction of sp³-hybridized carbons (Fsp3) is 0.667. The van der Waals surface area contributed by atoms with Gasteiger partial charge in [0.05, 0.1) is 6.61 Å². The summed E-state index contributed by atoms with van der Waals surface area (Å²) in [6.07, 6.45) is -6.36. The average molecular weight is 297 g/mol. The minimum absolute atomic E-state index is 0.0286. The minimum Gasteiger partial charge on any atom is -0.450 e. The van der Waals surface area contributed by atoms with E-state index in [4.69, 9.17) is 0 Å². The second kappa shape index (κ2) is 4.58. The quantitative estimate of drug-likeness (QED) is 0.823. The van der Waals surface area contributed by atoms with Crippen LogP contribution < -0.4 is 5.32 Å². The highest BCUT2D eigenvalue weighted by molar-refractivity contribution is 8.14. The number of hydrogen-bond donors (Lipinski definition) is 1. The molecule has 6 nitrogen and oxygen atoms in total. The molecule has 2 heterocycles. The Bertz CT molecular complexity index is 454. The van der Waals surface area contributed by atoms with E-state index in [0.29, 0.717) is 5.75 Å². The second-order valence-electron chi connectivity index (χ2n) is 3.75. The molecule has 0 saturated carbocycles. The summed E-state index contributed by atoms with van der Waals surface area (Å²) in [7, 11) is 0. The molecule has 0 bridgehead atoms. The Labute approximate surface area is 110 Å². The highest BCUT2D eigenvalue weighted by atomic mass is 32.2. The number of carbonyl (C=O) groups excluding carboxylic acids is 2. The number of nitrogens with one attached hydrogen (secondary N) is 1. The molecule has 0 aromatic heterocycles. The highest BCUT2D eigenvalue weighted by Gasteiger charge is 2.68. The van der Waals surface area contributed by atoms with Crippen LogP contribution in [0.1, 0.15) is 6.92 Å². The lowest BCUT2D eigenvalue weighted by Crippen LogP contribution is -2.63. The Kier molecular flexibility index (Phi) is 3.37. The third-order valence-corrected chi connectivity index (χ3v) is 3.52. The van der Waals surface area contributed by atoms with Crippen LogP contribution in [0.25, 0.3) is 0 Å². The lowest BCUT2D eigenvalue weighted by atomic mass is 10.1. The van der Waals surface area contributed by atoms with E-state index in [2.05, 4.69) is 9.73 Å². The van der Waals surface area contributed by atoms with Crippen molar-refractivity contribution in [1.82, 2.24) is 10.2 Å². The first-order valence-corrected chi connectivity index (χ1v) is 6.36. The summed E-state index contributed by atoms with van der Waals surface area (Å²) >= 11 is 1.04. The van der Waals surface area contributed by atoms with Gasteiger partial charge in [-0.3, -0.25) is 15.0 Å². The Hall–Kier alpha value is -1.45. The highest BCUT2D eigenvalue weighted by Crippen LogP contribution is 2.40. The first kappa shape index (κ1) is 14.0. The molecular weight excluding hydrogens is 287 g/mol. The smallest absolute Gasteiger partial charge is 0.442 e. The lowest BCUT2D eigenvalue weighted by Gasteiger charge is -2.28. The first-order chi connectivity index (χ1) is 8.82. The number of aliphatic imine (C=N–C) groups is 1. The van der Waals surface area contributed by atoms with Crippen molar-refractivity contribution in [1.29, 1.82) is 0 Å². The number of fused-ring (bicyclic) bond motifs is 1. The number of amidine groups is 1. The zero-order chi connectivity index (χ0) is 14.3. The summed E-state index contributed by atoms with van der Waals surface area (Å²) < 4.78 is 43.8. The van der Waals surface area contributed by atoms with E-state index >= 15 is 0 Å². The van der Waals surface area contributed by atoms with Crippen LogP contribution in [-0.4, -0.2) is 52.8 Å². The molecule has 0 radical (unpaired) electrons. The van der Waals surface area contributed by atoms with Gasteiger partial charge in [-0.2, -0.15) is 13.2 Å². The van der Waals surface area contributed by atoms with Crippen LogP contribution in [0.2, 0.25) is 0 Å². The zero-order valence-corrected chi connectivity index (χ0v) is 10.6. The summed E-state index contributed by atoms with van der Waals surface area (Å²) in [5, 5.41) is 1.50. The SMILES string of the molecule is CCOC(=O)NC1(C(F)(F)F)N=C2SCCN2C1=O. The van der Waals surface area contributed by atoms with Crippen LogP contribution in [0.5, 0.6) is 0 Å². The van der Waals surface area contributed by atoms with Gasteiger partial charge in [-0.15, -0.1) is 0 Å². The van der Waals surface area contributed by atoms with Gasteiger partial charge in [0.25, 0.3) is 5.91 Å². The van der Waals surface area contributed by atoms with Crippen molar-refractivity contribution in [3.8, 4) is 0 Å². The van der Waals surface area contributed by atoms with Crippen molar-refractivity contribution < 1.29 is 27.5 Å². The molecule has 2 amide bonds. The van der Waals surface area contributed by atoms with E-state index in [9.17, 15) is 22.8 Å². The van der Waals surface area contributed by atoms with Gasteiger partial charge in [0, 0.05) is 12.3 Å². The van der Waals surface area contributed by atoms with E-state index in [0.717, 1.165) is 16.7 Å². The predicted octanol–water partition coefficient (Wildman–Crippen LogP) is 0.936. The second-order valence-corrected chi connectivity index (χ2v) is 4.82. The van der Waals surface area contributed by atoms with E-state index in [1.54, 1.807) is 0 Å². The van der Waals surface area contributed by atoms with Crippen LogP contribution in [0.4, 0.5) is 18.0 Å². The van der Waals surface area contributed by atoms with Crippen LogP contribution in [0.3, 0.4) is 0 Å². The molecule has 10 heteroatoms. The predicted molar refractivity (Wildman–Crippen MR) is 60.5 cm³/mol. The number of thioether (sulfide) groups is 1. The van der Waals surface area contributed by atoms with Gasteiger partial charge in [0.15, 0.2) is 5.17 Å². The number of nitrogens with zero attached hydrogens (tertiary/aromatic N) is 2. The molecule has 0 aromatic carbocycles. The molecule has 0 aliphatic carbocycles. The van der Waals surface area contributed by atoms with Gasteiger partial charge in [-0.05, 0) is 6.92 Å². The Morgan fingerprint density at radius 2 is 2.32 bits per heavy atom. The molecule has 0 aromatic rings. The maximum atomic E-state index is 13.1. The third-order valence-electron chi connectivity index (χ3n) is 2.56. The molecule has 1 saturated heterocycles. The molecule has 0 spiro atoms. The number of alkyl halides is 3. The Morgan fingerprint density at radius 1 is 1.63 bits per heavy atom. The van der Waals surface area contributed by atoms with E-state index in [1.807, 2.05) is 0 Å². The van der Waals surface area contributed by atoms with Crippen LogP contribution in [0, 0.1) is 0 Å². The molecule has 19 heavy (non-hydrogen) atoms.